The first kappa shape index (κ1) is 15.1. The van der Waals surface area contributed by atoms with Crippen molar-refractivity contribution in [2.75, 3.05) is 0 Å². The molecule has 1 atom stereocenters. The summed E-state index contributed by atoms with van der Waals surface area (Å²) in [7, 11) is 0. The molecule has 0 aliphatic carbocycles. The van der Waals surface area contributed by atoms with Gasteiger partial charge in [-0.2, -0.15) is 0 Å². The van der Waals surface area contributed by atoms with Crippen LogP contribution in [0, 0.1) is 0 Å². The Bertz CT molecular complexity index is 310. The Morgan fingerprint density at radius 3 is 2.11 bits per heavy atom. The molecule has 102 valence electrons. The molecule has 1 heterocycles. The molecule has 1 aromatic rings. The quantitative estimate of drug-likeness (QED) is 0.581. The molecule has 1 rings (SSSR count). The van der Waals surface area contributed by atoms with Gasteiger partial charge in [0.1, 0.15) is 6.33 Å². The number of aromatic nitrogens is 2. The first-order valence-corrected chi connectivity index (χ1v) is 7.48. The summed E-state index contributed by atoms with van der Waals surface area (Å²) in [6.07, 6.45) is 16.0. The van der Waals surface area contributed by atoms with E-state index in [4.69, 9.17) is 0 Å². The second-order valence-corrected chi connectivity index (χ2v) is 5.60. The lowest BCUT2D eigenvalue weighted by Gasteiger charge is -2.29. The van der Waals surface area contributed by atoms with Gasteiger partial charge in [-0.1, -0.05) is 59.3 Å². The van der Waals surface area contributed by atoms with Crippen molar-refractivity contribution in [2.45, 2.75) is 77.6 Å². The summed E-state index contributed by atoms with van der Waals surface area (Å²) >= 11 is 0. The minimum Gasteiger partial charge on any atom is -0.245 e. The van der Waals surface area contributed by atoms with E-state index in [-0.39, 0.29) is 5.41 Å². The first-order chi connectivity index (χ1) is 8.73. The van der Waals surface area contributed by atoms with Crippen LogP contribution in [0.15, 0.2) is 18.7 Å². The van der Waals surface area contributed by atoms with Crippen molar-refractivity contribution < 1.29 is 0 Å². The van der Waals surface area contributed by atoms with Gasteiger partial charge in [-0.25, -0.2) is 9.97 Å². The van der Waals surface area contributed by atoms with Crippen LogP contribution < -0.4 is 0 Å². The third-order valence-corrected chi connectivity index (χ3v) is 3.92. The molecule has 0 spiro atoms. The van der Waals surface area contributed by atoms with Gasteiger partial charge in [-0.3, -0.25) is 0 Å². The van der Waals surface area contributed by atoms with Crippen LogP contribution in [0.25, 0.3) is 0 Å². The van der Waals surface area contributed by atoms with Crippen molar-refractivity contribution >= 4 is 0 Å². The van der Waals surface area contributed by atoms with Crippen LogP contribution in [-0.4, -0.2) is 9.97 Å². The fourth-order valence-electron chi connectivity index (χ4n) is 2.53. The van der Waals surface area contributed by atoms with E-state index in [1.54, 1.807) is 6.33 Å². The van der Waals surface area contributed by atoms with Gasteiger partial charge in [-0.15, -0.1) is 0 Å². The molecule has 0 N–H and O–H groups in total. The lowest BCUT2D eigenvalue weighted by atomic mass is 9.75. The zero-order valence-electron chi connectivity index (χ0n) is 12.3. The second kappa shape index (κ2) is 8.23. The SMILES string of the molecule is CCCCCCC(C)(CCCC)c1cncnc1. The van der Waals surface area contributed by atoms with Crippen LogP contribution in [0.1, 0.15) is 77.7 Å². The molecule has 0 aliphatic heterocycles. The summed E-state index contributed by atoms with van der Waals surface area (Å²) in [6, 6.07) is 0. The van der Waals surface area contributed by atoms with Crippen molar-refractivity contribution in [2.24, 2.45) is 0 Å². The Hall–Kier alpha value is -0.920. The molecular weight excluding hydrogens is 220 g/mol. The van der Waals surface area contributed by atoms with E-state index in [2.05, 4.69) is 30.7 Å². The molecule has 0 radical (unpaired) electrons. The third kappa shape index (κ3) is 4.75. The normalized spacial score (nSPS) is 14.4. The van der Waals surface area contributed by atoms with E-state index < -0.39 is 0 Å². The highest BCUT2D eigenvalue weighted by Crippen LogP contribution is 2.34. The molecule has 1 aromatic heterocycles. The standard InChI is InChI=1S/C16H28N2/c1-4-6-8-9-11-16(3,10-7-5-2)15-12-17-14-18-13-15/h12-14H,4-11H2,1-3H3. The highest BCUT2D eigenvalue weighted by molar-refractivity contribution is 5.17. The van der Waals surface area contributed by atoms with Gasteiger partial charge >= 0.3 is 0 Å². The predicted molar refractivity (Wildman–Crippen MR) is 77.7 cm³/mol. The van der Waals surface area contributed by atoms with E-state index in [0.29, 0.717) is 0 Å². The van der Waals surface area contributed by atoms with Gasteiger partial charge in [-0.05, 0) is 23.8 Å². The molecule has 0 aromatic carbocycles. The van der Waals surface area contributed by atoms with E-state index >= 15 is 0 Å². The zero-order chi connectivity index (χ0) is 13.3. The van der Waals surface area contributed by atoms with Crippen LogP contribution in [0.4, 0.5) is 0 Å². The maximum Gasteiger partial charge on any atom is 0.115 e. The van der Waals surface area contributed by atoms with Crippen LogP contribution in [0.3, 0.4) is 0 Å². The molecule has 18 heavy (non-hydrogen) atoms. The monoisotopic (exact) mass is 248 g/mol. The molecule has 2 heteroatoms. The van der Waals surface area contributed by atoms with Gasteiger partial charge in [0.2, 0.25) is 0 Å². The highest BCUT2D eigenvalue weighted by atomic mass is 14.8. The van der Waals surface area contributed by atoms with Gasteiger partial charge in [0, 0.05) is 12.4 Å². The Balaban J connectivity index is 2.63. The Kier molecular flexibility index (Phi) is 6.92. The molecule has 1 unspecified atom stereocenters. The summed E-state index contributed by atoms with van der Waals surface area (Å²) < 4.78 is 0. The highest BCUT2D eigenvalue weighted by Gasteiger charge is 2.25. The fourth-order valence-corrected chi connectivity index (χ4v) is 2.53. The van der Waals surface area contributed by atoms with Crippen molar-refractivity contribution in [3.8, 4) is 0 Å². The maximum absolute atomic E-state index is 4.19. The molecule has 0 saturated carbocycles. The number of unbranched alkanes of at least 4 members (excludes halogenated alkanes) is 4. The number of rotatable bonds is 9. The second-order valence-electron chi connectivity index (χ2n) is 5.60. The van der Waals surface area contributed by atoms with Gasteiger partial charge in [0.25, 0.3) is 0 Å². The van der Waals surface area contributed by atoms with Gasteiger partial charge in [0.05, 0.1) is 0 Å². The summed E-state index contributed by atoms with van der Waals surface area (Å²) in [6.45, 7) is 6.91. The average Bonchev–Trinajstić information content (AvgIpc) is 2.42. The Morgan fingerprint density at radius 1 is 0.889 bits per heavy atom. The van der Waals surface area contributed by atoms with Crippen molar-refractivity contribution in [3.63, 3.8) is 0 Å². The van der Waals surface area contributed by atoms with E-state index in [1.165, 1.54) is 56.9 Å². The lowest BCUT2D eigenvalue weighted by molar-refractivity contribution is 0.367. The van der Waals surface area contributed by atoms with Crippen LogP contribution in [0.2, 0.25) is 0 Å². The lowest BCUT2D eigenvalue weighted by Crippen LogP contribution is -2.22. The van der Waals surface area contributed by atoms with Gasteiger partial charge < -0.3 is 0 Å². The number of hydrogen-bond donors (Lipinski definition) is 0. The molecule has 0 bridgehead atoms. The molecule has 2 nitrogen and oxygen atoms in total. The smallest absolute Gasteiger partial charge is 0.115 e. The zero-order valence-corrected chi connectivity index (χ0v) is 12.3. The number of hydrogen-bond acceptors (Lipinski definition) is 2. The molecule has 0 saturated heterocycles. The summed E-state index contributed by atoms with van der Waals surface area (Å²) in [5.41, 5.74) is 1.58. The predicted octanol–water partition coefficient (Wildman–Crippen LogP) is 4.89. The number of nitrogens with zero attached hydrogens (tertiary/aromatic N) is 2. The molecular formula is C16H28N2. The molecule has 0 amide bonds. The summed E-state index contributed by atoms with van der Waals surface area (Å²) in [5.74, 6) is 0. The summed E-state index contributed by atoms with van der Waals surface area (Å²) in [5, 5.41) is 0. The van der Waals surface area contributed by atoms with Crippen molar-refractivity contribution in [1.82, 2.24) is 9.97 Å². The van der Waals surface area contributed by atoms with Crippen molar-refractivity contribution in [1.29, 1.82) is 0 Å². The summed E-state index contributed by atoms with van der Waals surface area (Å²) in [4.78, 5) is 8.38. The maximum atomic E-state index is 4.19. The Morgan fingerprint density at radius 2 is 1.50 bits per heavy atom. The van der Waals surface area contributed by atoms with Gasteiger partial charge in [0.15, 0.2) is 0 Å². The van der Waals surface area contributed by atoms with Crippen molar-refractivity contribution in [3.05, 3.63) is 24.3 Å². The minimum atomic E-state index is 0.269. The first-order valence-electron chi connectivity index (χ1n) is 7.48. The van der Waals surface area contributed by atoms with E-state index in [1.807, 2.05) is 12.4 Å². The minimum absolute atomic E-state index is 0.269. The average molecular weight is 248 g/mol. The van der Waals surface area contributed by atoms with E-state index in [0.717, 1.165) is 0 Å². The topological polar surface area (TPSA) is 25.8 Å². The molecule has 0 aliphatic rings. The van der Waals surface area contributed by atoms with E-state index in [9.17, 15) is 0 Å². The Labute approximate surface area is 112 Å². The fraction of sp³-hybridized carbons (Fsp3) is 0.750. The largest absolute Gasteiger partial charge is 0.245 e. The third-order valence-electron chi connectivity index (χ3n) is 3.92. The van der Waals surface area contributed by atoms with Crippen LogP contribution in [-0.2, 0) is 5.41 Å². The van der Waals surface area contributed by atoms with Crippen LogP contribution >= 0.6 is 0 Å². The molecule has 0 fully saturated rings. The van der Waals surface area contributed by atoms with Crippen LogP contribution in [0.5, 0.6) is 0 Å².